The van der Waals surface area contributed by atoms with Gasteiger partial charge in [-0.15, -0.1) is 0 Å². The lowest BCUT2D eigenvalue weighted by Crippen LogP contribution is -2.28. The number of nitrogens with one attached hydrogen (secondary N) is 1. The highest BCUT2D eigenvalue weighted by Crippen LogP contribution is 2.26. The van der Waals surface area contributed by atoms with Crippen LogP contribution in [0.5, 0.6) is 0 Å². The lowest BCUT2D eigenvalue weighted by atomic mass is 9.89. The SMILES string of the molecule is Cc1ccc(S(=O)(=O)N(C)c2cccc(C(=O)N[C@@H](C)c3ccc4c(c3)CCCC4)c2)cc1. The number of fused-ring (bicyclic) bond motifs is 1. The van der Waals surface area contributed by atoms with E-state index in [-0.39, 0.29) is 16.8 Å². The minimum atomic E-state index is -3.72. The zero-order valence-electron chi connectivity index (χ0n) is 19.3. The number of nitrogens with zero attached hydrogens (tertiary/aromatic N) is 1. The van der Waals surface area contributed by atoms with E-state index < -0.39 is 10.0 Å². The lowest BCUT2D eigenvalue weighted by Gasteiger charge is -2.21. The quantitative estimate of drug-likeness (QED) is 0.548. The molecule has 0 unspecified atom stereocenters. The monoisotopic (exact) mass is 462 g/mol. The van der Waals surface area contributed by atoms with Gasteiger partial charge in [0.1, 0.15) is 0 Å². The predicted molar refractivity (Wildman–Crippen MR) is 132 cm³/mol. The second kappa shape index (κ2) is 9.40. The molecule has 3 aromatic carbocycles. The van der Waals surface area contributed by atoms with Gasteiger partial charge >= 0.3 is 0 Å². The van der Waals surface area contributed by atoms with Crippen molar-refractivity contribution >= 4 is 21.6 Å². The first-order chi connectivity index (χ1) is 15.8. The van der Waals surface area contributed by atoms with Crippen LogP contribution in [0.4, 0.5) is 5.69 Å². The van der Waals surface area contributed by atoms with E-state index in [1.54, 1.807) is 48.5 Å². The van der Waals surface area contributed by atoms with E-state index in [4.69, 9.17) is 0 Å². The molecule has 0 spiro atoms. The molecule has 1 atom stereocenters. The van der Waals surface area contributed by atoms with Crippen LogP contribution in [0.2, 0.25) is 0 Å². The molecule has 0 aliphatic heterocycles. The van der Waals surface area contributed by atoms with E-state index >= 15 is 0 Å². The van der Waals surface area contributed by atoms with Crippen molar-refractivity contribution in [3.63, 3.8) is 0 Å². The highest BCUT2D eigenvalue weighted by molar-refractivity contribution is 7.92. The maximum Gasteiger partial charge on any atom is 0.264 e. The third-order valence-electron chi connectivity index (χ3n) is 6.37. The summed E-state index contributed by atoms with van der Waals surface area (Å²) in [6.07, 6.45) is 4.67. The van der Waals surface area contributed by atoms with Crippen molar-refractivity contribution in [2.45, 2.75) is 50.5 Å². The van der Waals surface area contributed by atoms with Crippen LogP contribution in [0.3, 0.4) is 0 Å². The van der Waals surface area contributed by atoms with Crippen LogP contribution in [-0.4, -0.2) is 21.4 Å². The van der Waals surface area contributed by atoms with Crippen LogP contribution >= 0.6 is 0 Å². The molecular formula is C27H30N2O3S. The molecule has 0 bridgehead atoms. The van der Waals surface area contributed by atoms with E-state index in [0.29, 0.717) is 11.3 Å². The van der Waals surface area contributed by atoms with E-state index in [1.807, 2.05) is 13.8 Å². The summed E-state index contributed by atoms with van der Waals surface area (Å²) in [5, 5.41) is 3.06. The summed E-state index contributed by atoms with van der Waals surface area (Å²) in [6, 6.07) is 19.8. The Kier molecular flexibility index (Phi) is 6.56. The zero-order valence-corrected chi connectivity index (χ0v) is 20.2. The van der Waals surface area contributed by atoms with Crippen LogP contribution in [0.15, 0.2) is 71.6 Å². The first-order valence-electron chi connectivity index (χ1n) is 11.3. The minimum absolute atomic E-state index is 0.151. The molecule has 0 fully saturated rings. The lowest BCUT2D eigenvalue weighted by molar-refractivity contribution is 0.0940. The second-order valence-corrected chi connectivity index (χ2v) is 10.7. The van der Waals surface area contributed by atoms with Gasteiger partial charge < -0.3 is 5.32 Å². The van der Waals surface area contributed by atoms with E-state index in [1.165, 1.54) is 35.3 Å². The Labute approximate surface area is 196 Å². The molecule has 4 rings (SSSR count). The van der Waals surface area contributed by atoms with E-state index in [0.717, 1.165) is 24.0 Å². The molecule has 33 heavy (non-hydrogen) atoms. The van der Waals surface area contributed by atoms with Crippen molar-refractivity contribution in [1.29, 1.82) is 0 Å². The summed E-state index contributed by atoms with van der Waals surface area (Å²) in [5.41, 5.74) is 5.72. The normalized spacial score (nSPS) is 14.3. The van der Waals surface area contributed by atoms with Gasteiger partial charge in [-0.2, -0.15) is 0 Å². The number of amides is 1. The van der Waals surface area contributed by atoms with Crippen molar-refractivity contribution in [3.05, 3.63) is 94.5 Å². The Morgan fingerprint density at radius 2 is 1.64 bits per heavy atom. The van der Waals surface area contributed by atoms with Crippen molar-refractivity contribution < 1.29 is 13.2 Å². The van der Waals surface area contributed by atoms with Gasteiger partial charge in [0.15, 0.2) is 0 Å². The molecule has 1 aliphatic rings. The van der Waals surface area contributed by atoms with E-state index in [2.05, 4.69) is 23.5 Å². The Hall–Kier alpha value is -3.12. The average molecular weight is 463 g/mol. The molecule has 0 saturated heterocycles. The van der Waals surface area contributed by atoms with Gasteiger partial charge in [0, 0.05) is 12.6 Å². The van der Waals surface area contributed by atoms with Crippen molar-refractivity contribution in [2.24, 2.45) is 0 Å². The molecule has 1 N–H and O–H groups in total. The molecular weight excluding hydrogens is 432 g/mol. The highest BCUT2D eigenvalue weighted by atomic mass is 32.2. The number of hydrogen-bond acceptors (Lipinski definition) is 3. The Bertz CT molecular complexity index is 1270. The summed E-state index contributed by atoms with van der Waals surface area (Å²) in [5.74, 6) is -0.233. The first-order valence-corrected chi connectivity index (χ1v) is 12.8. The summed E-state index contributed by atoms with van der Waals surface area (Å²) in [7, 11) is -2.22. The number of anilines is 1. The van der Waals surface area contributed by atoms with Crippen LogP contribution < -0.4 is 9.62 Å². The third-order valence-corrected chi connectivity index (χ3v) is 8.17. The number of benzene rings is 3. The van der Waals surface area contributed by atoms with Gasteiger partial charge in [-0.25, -0.2) is 8.42 Å². The van der Waals surface area contributed by atoms with Gasteiger partial charge in [0.2, 0.25) is 0 Å². The molecule has 0 saturated carbocycles. The zero-order chi connectivity index (χ0) is 23.6. The third kappa shape index (κ3) is 4.96. The van der Waals surface area contributed by atoms with Crippen LogP contribution in [0, 0.1) is 6.92 Å². The maximum absolute atomic E-state index is 13.0. The fourth-order valence-electron chi connectivity index (χ4n) is 4.24. The Morgan fingerprint density at radius 1 is 0.939 bits per heavy atom. The number of carbonyl (C=O) groups is 1. The molecule has 172 valence electrons. The van der Waals surface area contributed by atoms with Gasteiger partial charge in [0.25, 0.3) is 15.9 Å². The van der Waals surface area contributed by atoms with Gasteiger partial charge in [-0.05, 0) is 86.6 Å². The number of sulfonamides is 1. The summed E-state index contributed by atoms with van der Waals surface area (Å²) in [4.78, 5) is 13.2. The largest absolute Gasteiger partial charge is 0.346 e. The Morgan fingerprint density at radius 3 is 2.36 bits per heavy atom. The number of rotatable bonds is 6. The van der Waals surface area contributed by atoms with Gasteiger partial charge in [-0.1, -0.05) is 42.0 Å². The Balaban J connectivity index is 1.51. The molecule has 1 amide bonds. The smallest absolute Gasteiger partial charge is 0.264 e. The van der Waals surface area contributed by atoms with Crippen LogP contribution in [0.1, 0.15) is 58.4 Å². The number of hydrogen-bond donors (Lipinski definition) is 1. The fraction of sp³-hybridized carbons (Fsp3) is 0.296. The van der Waals surface area contributed by atoms with Crippen molar-refractivity contribution in [1.82, 2.24) is 5.32 Å². The summed E-state index contributed by atoms with van der Waals surface area (Å²) in [6.45, 7) is 3.88. The molecule has 3 aromatic rings. The average Bonchev–Trinajstić information content (AvgIpc) is 2.83. The van der Waals surface area contributed by atoms with Gasteiger partial charge in [0.05, 0.1) is 16.6 Å². The van der Waals surface area contributed by atoms with Crippen LogP contribution in [0.25, 0.3) is 0 Å². The first kappa shape index (κ1) is 23.1. The second-order valence-electron chi connectivity index (χ2n) is 8.77. The summed E-state index contributed by atoms with van der Waals surface area (Å²) < 4.78 is 27.3. The standard InChI is InChI=1S/C27H30N2O3S/c1-19-11-15-26(16-12-19)33(31,32)29(3)25-10-6-9-24(18-25)27(30)28-20(2)22-14-13-21-7-4-5-8-23(21)17-22/h6,9-18,20H,4-5,7-8H2,1-3H3,(H,28,30)/t20-/m0/s1. The van der Waals surface area contributed by atoms with E-state index in [9.17, 15) is 13.2 Å². The molecule has 5 nitrogen and oxygen atoms in total. The molecule has 1 aliphatic carbocycles. The molecule has 0 aromatic heterocycles. The van der Waals surface area contributed by atoms with Crippen molar-refractivity contribution in [2.75, 3.05) is 11.4 Å². The predicted octanol–water partition coefficient (Wildman–Crippen LogP) is 5.19. The minimum Gasteiger partial charge on any atom is -0.346 e. The van der Waals surface area contributed by atoms with Crippen molar-refractivity contribution in [3.8, 4) is 0 Å². The molecule has 0 heterocycles. The van der Waals surface area contributed by atoms with Gasteiger partial charge in [-0.3, -0.25) is 9.10 Å². The maximum atomic E-state index is 13.0. The number of carbonyl (C=O) groups excluding carboxylic acids is 1. The number of aryl methyl sites for hydroxylation is 3. The molecule has 0 radical (unpaired) electrons. The van der Waals surface area contributed by atoms with Crippen LogP contribution in [-0.2, 0) is 22.9 Å². The summed E-state index contributed by atoms with van der Waals surface area (Å²) >= 11 is 0. The fourth-order valence-corrected chi connectivity index (χ4v) is 5.42. The highest BCUT2D eigenvalue weighted by Gasteiger charge is 2.22. The molecule has 6 heteroatoms. The topological polar surface area (TPSA) is 66.5 Å².